The van der Waals surface area contributed by atoms with Crippen molar-refractivity contribution < 1.29 is 4.42 Å². The van der Waals surface area contributed by atoms with Crippen LogP contribution in [0.4, 0.5) is 0 Å². The first kappa shape index (κ1) is 8.44. The van der Waals surface area contributed by atoms with E-state index in [0.29, 0.717) is 0 Å². The zero-order chi connectivity index (χ0) is 9.10. The van der Waals surface area contributed by atoms with E-state index in [4.69, 9.17) is 4.42 Å². The molecule has 0 unspecified atom stereocenters. The fraction of sp³-hybridized carbons (Fsp3) is 0.333. The summed E-state index contributed by atoms with van der Waals surface area (Å²) in [5.41, 5.74) is 3.53. The van der Waals surface area contributed by atoms with Gasteiger partial charge in [0.25, 0.3) is 0 Å². The second-order valence-corrected chi connectivity index (χ2v) is 3.47. The number of thiazole rings is 1. The first-order valence-corrected chi connectivity index (χ1v) is 5.17. The minimum Gasteiger partial charge on any atom is -0.448 e. The Hall–Kier alpha value is -1.16. The predicted molar refractivity (Wildman–Crippen MR) is 51.6 cm³/mol. The summed E-state index contributed by atoms with van der Waals surface area (Å²) in [5.74, 6) is 0.797. The molecule has 0 saturated heterocycles. The second-order valence-electron chi connectivity index (χ2n) is 2.75. The first-order chi connectivity index (χ1) is 6.40. The monoisotopic (exact) mass is 194 g/mol. The smallest absolute Gasteiger partial charge is 0.194 e. The molecule has 4 heteroatoms. The SMILES string of the molecule is CCCc1nc(-c2cscn2)co1. The molecule has 68 valence electrons. The molecule has 0 aliphatic heterocycles. The Morgan fingerprint density at radius 3 is 3.08 bits per heavy atom. The van der Waals surface area contributed by atoms with E-state index < -0.39 is 0 Å². The van der Waals surface area contributed by atoms with Crippen molar-refractivity contribution in [3.05, 3.63) is 23.0 Å². The number of aromatic nitrogens is 2. The van der Waals surface area contributed by atoms with Gasteiger partial charge in [-0.15, -0.1) is 11.3 Å². The van der Waals surface area contributed by atoms with E-state index in [1.807, 2.05) is 5.38 Å². The molecule has 0 radical (unpaired) electrons. The third-order valence-corrected chi connectivity index (χ3v) is 2.30. The maximum atomic E-state index is 5.28. The molecule has 0 aliphatic rings. The van der Waals surface area contributed by atoms with Crippen LogP contribution in [0.3, 0.4) is 0 Å². The van der Waals surface area contributed by atoms with Crippen molar-refractivity contribution in [3.63, 3.8) is 0 Å². The van der Waals surface area contributed by atoms with Gasteiger partial charge in [0.1, 0.15) is 17.7 Å². The van der Waals surface area contributed by atoms with Crippen molar-refractivity contribution in [1.82, 2.24) is 9.97 Å². The lowest BCUT2D eigenvalue weighted by atomic mass is 10.3. The zero-order valence-corrected chi connectivity index (χ0v) is 8.17. The van der Waals surface area contributed by atoms with Crippen LogP contribution >= 0.6 is 11.3 Å². The molecule has 2 aromatic heterocycles. The number of hydrogen-bond acceptors (Lipinski definition) is 4. The molecule has 0 aliphatic carbocycles. The number of hydrogen-bond donors (Lipinski definition) is 0. The van der Waals surface area contributed by atoms with Gasteiger partial charge in [-0.05, 0) is 6.42 Å². The van der Waals surface area contributed by atoms with Crippen LogP contribution in [0.5, 0.6) is 0 Å². The van der Waals surface area contributed by atoms with Gasteiger partial charge in [-0.25, -0.2) is 9.97 Å². The largest absolute Gasteiger partial charge is 0.448 e. The van der Waals surface area contributed by atoms with Gasteiger partial charge in [0.05, 0.1) is 5.51 Å². The van der Waals surface area contributed by atoms with Crippen LogP contribution < -0.4 is 0 Å². The molecule has 0 saturated carbocycles. The van der Waals surface area contributed by atoms with E-state index in [1.54, 1.807) is 23.1 Å². The van der Waals surface area contributed by atoms with Crippen molar-refractivity contribution in [1.29, 1.82) is 0 Å². The minimum atomic E-state index is 0.797. The van der Waals surface area contributed by atoms with Gasteiger partial charge in [0.2, 0.25) is 0 Å². The summed E-state index contributed by atoms with van der Waals surface area (Å²) in [4.78, 5) is 8.48. The van der Waals surface area contributed by atoms with Crippen LogP contribution in [0.15, 0.2) is 21.6 Å². The highest BCUT2D eigenvalue weighted by Gasteiger charge is 2.06. The van der Waals surface area contributed by atoms with Gasteiger partial charge in [0.15, 0.2) is 5.89 Å². The predicted octanol–water partition coefficient (Wildman–Crippen LogP) is 2.75. The molecule has 0 amide bonds. The third-order valence-electron chi connectivity index (χ3n) is 1.71. The molecular weight excluding hydrogens is 184 g/mol. The maximum Gasteiger partial charge on any atom is 0.194 e. The average Bonchev–Trinajstić information content (AvgIpc) is 2.70. The molecule has 0 bridgehead atoms. The van der Waals surface area contributed by atoms with Gasteiger partial charge < -0.3 is 4.42 Å². The van der Waals surface area contributed by atoms with Gasteiger partial charge in [-0.1, -0.05) is 6.92 Å². The number of oxazole rings is 1. The number of rotatable bonds is 3. The standard InChI is InChI=1S/C9H10N2OS/c1-2-3-9-11-7(4-12-9)8-5-13-6-10-8/h4-6H,2-3H2,1H3. The highest BCUT2D eigenvalue weighted by Crippen LogP contribution is 2.18. The molecule has 0 spiro atoms. The summed E-state index contributed by atoms with van der Waals surface area (Å²) in [5, 5.41) is 1.97. The van der Waals surface area contributed by atoms with Gasteiger partial charge in [-0.2, -0.15) is 0 Å². The molecular formula is C9H10N2OS. The summed E-state index contributed by atoms with van der Waals surface area (Å²) in [6, 6.07) is 0. The molecule has 0 atom stereocenters. The quantitative estimate of drug-likeness (QED) is 0.754. The second kappa shape index (κ2) is 3.70. The number of aryl methyl sites for hydroxylation is 1. The fourth-order valence-electron chi connectivity index (χ4n) is 1.10. The van der Waals surface area contributed by atoms with Crippen molar-refractivity contribution in [2.75, 3.05) is 0 Å². The Morgan fingerprint density at radius 1 is 1.46 bits per heavy atom. The van der Waals surface area contributed by atoms with Crippen LogP contribution in [0.2, 0.25) is 0 Å². The Bertz CT molecular complexity index is 367. The zero-order valence-electron chi connectivity index (χ0n) is 7.36. The van der Waals surface area contributed by atoms with E-state index in [0.717, 1.165) is 30.1 Å². The van der Waals surface area contributed by atoms with Gasteiger partial charge >= 0.3 is 0 Å². The van der Waals surface area contributed by atoms with Crippen molar-refractivity contribution in [3.8, 4) is 11.4 Å². The van der Waals surface area contributed by atoms with Crippen LogP contribution in [0, 0.1) is 0 Å². The minimum absolute atomic E-state index is 0.797. The topological polar surface area (TPSA) is 38.9 Å². The van der Waals surface area contributed by atoms with E-state index >= 15 is 0 Å². The van der Waals surface area contributed by atoms with Crippen LogP contribution in [-0.4, -0.2) is 9.97 Å². The van der Waals surface area contributed by atoms with E-state index in [2.05, 4.69) is 16.9 Å². The summed E-state index contributed by atoms with van der Waals surface area (Å²) in [6.45, 7) is 2.10. The van der Waals surface area contributed by atoms with Crippen LogP contribution in [0.25, 0.3) is 11.4 Å². The molecule has 0 fully saturated rings. The normalized spacial score (nSPS) is 10.5. The third kappa shape index (κ3) is 1.78. The lowest BCUT2D eigenvalue weighted by Gasteiger charge is -1.86. The van der Waals surface area contributed by atoms with E-state index in [9.17, 15) is 0 Å². The lowest BCUT2D eigenvalue weighted by molar-refractivity contribution is 0.491. The summed E-state index contributed by atoms with van der Waals surface area (Å²) in [7, 11) is 0. The lowest BCUT2D eigenvalue weighted by Crippen LogP contribution is -1.82. The summed E-state index contributed by atoms with van der Waals surface area (Å²) >= 11 is 1.56. The highest BCUT2D eigenvalue weighted by molar-refractivity contribution is 7.07. The van der Waals surface area contributed by atoms with E-state index in [-0.39, 0.29) is 0 Å². The molecule has 2 rings (SSSR count). The Kier molecular flexibility index (Phi) is 2.40. The molecule has 0 aromatic carbocycles. The van der Waals surface area contributed by atoms with Gasteiger partial charge in [0, 0.05) is 11.8 Å². The molecule has 0 N–H and O–H groups in total. The average molecular weight is 194 g/mol. The highest BCUT2D eigenvalue weighted by atomic mass is 32.1. The Labute approximate surface area is 80.5 Å². The van der Waals surface area contributed by atoms with Crippen LogP contribution in [-0.2, 0) is 6.42 Å². The summed E-state index contributed by atoms with van der Waals surface area (Å²) in [6.07, 6.45) is 3.61. The van der Waals surface area contributed by atoms with Crippen molar-refractivity contribution in [2.24, 2.45) is 0 Å². The van der Waals surface area contributed by atoms with Crippen LogP contribution in [0.1, 0.15) is 19.2 Å². The van der Waals surface area contributed by atoms with Crippen molar-refractivity contribution >= 4 is 11.3 Å². The van der Waals surface area contributed by atoms with E-state index in [1.165, 1.54) is 0 Å². The van der Waals surface area contributed by atoms with Crippen molar-refractivity contribution in [2.45, 2.75) is 19.8 Å². The molecule has 2 aromatic rings. The van der Waals surface area contributed by atoms with Gasteiger partial charge in [-0.3, -0.25) is 0 Å². The molecule has 13 heavy (non-hydrogen) atoms. The molecule has 3 nitrogen and oxygen atoms in total. The summed E-state index contributed by atoms with van der Waals surface area (Å²) < 4.78 is 5.28. The first-order valence-electron chi connectivity index (χ1n) is 4.23. The maximum absolute atomic E-state index is 5.28. The molecule has 2 heterocycles. The fourth-order valence-corrected chi connectivity index (χ4v) is 1.64. The Morgan fingerprint density at radius 2 is 2.38 bits per heavy atom. The number of nitrogens with zero attached hydrogens (tertiary/aromatic N) is 2. The Balaban J connectivity index is 2.23.